The normalized spacial score (nSPS) is 12.1. The van der Waals surface area contributed by atoms with E-state index in [1.807, 2.05) is 31.2 Å². The van der Waals surface area contributed by atoms with Gasteiger partial charge >= 0.3 is 0 Å². The van der Waals surface area contributed by atoms with E-state index in [1.165, 1.54) is 7.11 Å². The number of ether oxygens (including phenoxy) is 2. The van der Waals surface area contributed by atoms with Gasteiger partial charge in [-0.25, -0.2) is 8.42 Å². The Hall–Kier alpha value is -2.74. The molecule has 1 amide bonds. The summed E-state index contributed by atoms with van der Waals surface area (Å²) in [5.41, 5.74) is 1.23. The predicted molar refractivity (Wildman–Crippen MR) is 114 cm³/mol. The third-order valence-electron chi connectivity index (χ3n) is 4.38. The number of methoxy groups -OCH3 is 1. The van der Waals surface area contributed by atoms with E-state index in [2.05, 4.69) is 5.32 Å². The lowest BCUT2D eigenvalue weighted by Crippen LogP contribution is -2.49. The van der Waals surface area contributed by atoms with Gasteiger partial charge in [-0.1, -0.05) is 25.1 Å². The van der Waals surface area contributed by atoms with E-state index in [-0.39, 0.29) is 12.5 Å². The van der Waals surface area contributed by atoms with Crippen LogP contribution in [0.4, 0.5) is 5.69 Å². The van der Waals surface area contributed by atoms with E-state index >= 15 is 0 Å². The van der Waals surface area contributed by atoms with Crippen LogP contribution in [0.2, 0.25) is 0 Å². The number of nitrogens with one attached hydrogen (secondary N) is 1. The molecule has 8 heteroatoms. The molecule has 0 saturated heterocycles. The second-order valence-corrected chi connectivity index (χ2v) is 8.30. The van der Waals surface area contributed by atoms with Crippen LogP contribution in [-0.2, 0) is 21.4 Å². The maximum atomic E-state index is 12.9. The Bertz CT molecular complexity index is 913. The summed E-state index contributed by atoms with van der Waals surface area (Å²) >= 11 is 0. The number of carbonyl (C=O) groups is 1. The van der Waals surface area contributed by atoms with Crippen molar-refractivity contribution in [1.82, 2.24) is 5.32 Å². The van der Waals surface area contributed by atoms with Crippen molar-refractivity contribution in [3.63, 3.8) is 0 Å². The fourth-order valence-electron chi connectivity index (χ4n) is 3.04. The third-order valence-corrected chi connectivity index (χ3v) is 5.56. The number of rotatable bonds is 10. The van der Waals surface area contributed by atoms with Gasteiger partial charge in [0.15, 0.2) is 0 Å². The van der Waals surface area contributed by atoms with E-state index in [4.69, 9.17) is 9.47 Å². The number of carbonyl (C=O) groups excluding carboxylic acids is 1. The van der Waals surface area contributed by atoms with Gasteiger partial charge < -0.3 is 14.8 Å². The summed E-state index contributed by atoms with van der Waals surface area (Å²) < 4.78 is 36.9. The molecule has 0 aliphatic rings. The van der Waals surface area contributed by atoms with Crippen molar-refractivity contribution in [3.05, 3.63) is 54.1 Å². The van der Waals surface area contributed by atoms with Gasteiger partial charge in [-0.05, 0) is 43.7 Å². The molecule has 0 heterocycles. The highest BCUT2D eigenvalue weighted by molar-refractivity contribution is 7.92. The zero-order valence-corrected chi connectivity index (χ0v) is 18.0. The number of hydrogen-bond donors (Lipinski definition) is 1. The van der Waals surface area contributed by atoms with Crippen LogP contribution in [0.5, 0.6) is 11.5 Å². The number of anilines is 1. The van der Waals surface area contributed by atoms with Gasteiger partial charge in [0.05, 0.1) is 25.7 Å². The van der Waals surface area contributed by atoms with Crippen LogP contribution >= 0.6 is 0 Å². The molecular weight excluding hydrogens is 392 g/mol. The largest absolute Gasteiger partial charge is 0.497 e. The SMILES string of the molecule is CCOc1ccccc1CNC(=O)C(CC)N(c1ccc(OC)cc1)S(C)(=O)=O. The second kappa shape index (κ2) is 10.2. The molecule has 1 N–H and O–H groups in total. The van der Waals surface area contributed by atoms with Crippen LogP contribution in [0.3, 0.4) is 0 Å². The van der Waals surface area contributed by atoms with Crippen molar-refractivity contribution in [2.45, 2.75) is 32.9 Å². The Morgan fingerprint density at radius 2 is 1.76 bits per heavy atom. The zero-order chi connectivity index (χ0) is 21.4. The molecule has 0 bridgehead atoms. The molecule has 0 aliphatic carbocycles. The van der Waals surface area contributed by atoms with Crippen molar-refractivity contribution in [2.24, 2.45) is 0 Å². The summed E-state index contributed by atoms with van der Waals surface area (Å²) in [6, 6.07) is 13.1. The lowest BCUT2D eigenvalue weighted by atomic mass is 10.1. The molecule has 2 aromatic carbocycles. The highest BCUT2D eigenvalue weighted by Gasteiger charge is 2.31. The number of nitrogens with zero attached hydrogens (tertiary/aromatic N) is 1. The highest BCUT2D eigenvalue weighted by Crippen LogP contribution is 2.25. The summed E-state index contributed by atoms with van der Waals surface area (Å²) in [5.74, 6) is 0.922. The number of hydrogen-bond acceptors (Lipinski definition) is 5. The summed E-state index contributed by atoms with van der Waals surface area (Å²) in [4.78, 5) is 12.9. The fourth-order valence-corrected chi connectivity index (χ4v) is 4.25. The summed E-state index contributed by atoms with van der Waals surface area (Å²) in [5, 5.41) is 2.84. The molecule has 0 radical (unpaired) electrons. The minimum absolute atomic E-state index is 0.242. The van der Waals surface area contributed by atoms with Gasteiger partial charge in [0.1, 0.15) is 17.5 Å². The van der Waals surface area contributed by atoms with E-state index in [1.54, 1.807) is 31.2 Å². The minimum atomic E-state index is -3.69. The van der Waals surface area contributed by atoms with Crippen LogP contribution < -0.4 is 19.1 Å². The Kier molecular flexibility index (Phi) is 7.90. The van der Waals surface area contributed by atoms with Gasteiger partial charge in [-0.15, -0.1) is 0 Å². The average molecular weight is 421 g/mol. The van der Waals surface area contributed by atoms with Crippen molar-refractivity contribution >= 4 is 21.6 Å². The average Bonchev–Trinajstić information content (AvgIpc) is 2.70. The van der Waals surface area contributed by atoms with E-state index in [0.29, 0.717) is 30.2 Å². The summed E-state index contributed by atoms with van der Waals surface area (Å²) in [6.45, 7) is 4.43. The number of benzene rings is 2. The van der Waals surface area contributed by atoms with Gasteiger partial charge in [0.2, 0.25) is 15.9 Å². The monoisotopic (exact) mass is 420 g/mol. The number of amides is 1. The molecule has 2 aromatic rings. The Morgan fingerprint density at radius 1 is 1.10 bits per heavy atom. The van der Waals surface area contributed by atoms with Gasteiger partial charge in [0.25, 0.3) is 0 Å². The summed E-state index contributed by atoms with van der Waals surface area (Å²) in [7, 11) is -2.15. The Balaban J connectivity index is 2.24. The molecule has 7 nitrogen and oxygen atoms in total. The van der Waals surface area contributed by atoms with Crippen LogP contribution in [0.25, 0.3) is 0 Å². The Labute approximate surface area is 172 Å². The van der Waals surface area contributed by atoms with E-state index in [0.717, 1.165) is 16.1 Å². The predicted octanol–water partition coefficient (Wildman–Crippen LogP) is 2.95. The molecule has 0 spiro atoms. The van der Waals surface area contributed by atoms with E-state index < -0.39 is 16.1 Å². The molecule has 29 heavy (non-hydrogen) atoms. The Morgan fingerprint density at radius 3 is 2.31 bits per heavy atom. The lowest BCUT2D eigenvalue weighted by molar-refractivity contribution is -0.122. The number of para-hydroxylation sites is 1. The van der Waals surface area contributed by atoms with Crippen molar-refractivity contribution < 1.29 is 22.7 Å². The maximum Gasteiger partial charge on any atom is 0.244 e. The molecule has 1 unspecified atom stereocenters. The molecule has 2 rings (SSSR count). The molecule has 0 saturated carbocycles. The fraction of sp³-hybridized carbons (Fsp3) is 0.381. The molecule has 0 fully saturated rings. The van der Waals surface area contributed by atoms with Crippen LogP contribution in [-0.4, -0.2) is 40.3 Å². The van der Waals surface area contributed by atoms with E-state index in [9.17, 15) is 13.2 Å². The second-order valence-electron chi connectivity index (χ2n) is 6.44. The lowest BCUT2D eigenvalue weighted by Gasteiger charge is -2.30. The first-order valence-electron chi connectivity index (χ1n) is 9.43. The standard InChI is InChI=1S/C21H28N2O5S/c1-5-19(21(24)22-15-16-9-7-8-10-20(16)28-6-2)23(29(4,25)26)17-11-13-18(27-3)14-12-17/h7-14,19H,5-6,15H2,1-4H3,(H,22,24). The molecular formula is C21H28N2O5S. The van der Waals surface area contributed by atoms with Crippen LogP contribution in [0.15, 0.2) is 48.5 Å². The molecule has 158 valence electrons. The summed E-state index contributed by atoms with van der Waals surface area (Å²) in [6.07, 6.45) is 1.41. The molecule has 1 atom stereocenters. The zero-order valence-electron chi connectivity index (χ0n) is 17.2. The molecule has 0 aromatic heterocycles. The van der Waals surface area contributed by atoms with Gasteiger partial charge in [-0.3, -0.25) is 9.10 Å². The van der Waals surface area contributed by atoms with Gasteiger partial charge in [-0.2, -0.15) is 0 Å². The smallest absolute Gasteiger partial charge is 0.244 e. The van der Waals surface area contributed by atoms with Crippen LogP contribution in [0, 0.1) is 0 Å². The maximum absolute atomic E-state index is 12.9. The quantitative estimate of drug-likeness (QED) is 0.639. The highest BCUT2D eigenvalue weighted by atomic mass is 32.2. The first kappa shape index (κ1) is 22.5. The first-order valence-corrected chi connectivity index (χ1v) is 11.3. The third kappa shape index (κ3) is 5.87. The van der Waals surface area contributed by atoms with Crippen molar-refractivity contribution in [3.8, 4) is 11.5 Å². The van der Waals surface area contributed by atoms with Crippen molar-refractivity contribution in [1.29, 1.82) is 0 Å². The number of sulfonamides is 1. The van der Waals surface area contributed by atoms with Crippen LogP contribution in [0.1, 0.15) is 25.8 Å². The molecule has 0 aliphatic heterocycles. The minimum Gasteiger partial charge on any atom is -0.497 e. The van der Waals surface area contributed by atoms with Gasteiger partial charge in [0, 0.05) is 12.1 Å². The first-order chi connectivity index (χ1) is 13.8. The topological polar surface area (TPSA) is 84.9 Å². The van der Waals surface area contributed by atoms with Crippen molar-refractivity contribution in [2.75, 3.05) is 24.3 Å².